The van der Waals surface area contributed by atoms with Gasteiger partial charge in [-0.15, -0.1) is 0 Å². The summed E-state index contributed by atoms with van der Waals surface area (Å²) in [4.78, 5) is 12.7. The third-order valence-corrected chi connectivity index (χ3v) is 3.32. The number of carbonyl (C=O) groups excluding carboxylic acids is 1. The van der Waals surface area contributed by atoms with Crippen LogP contribution in [-0.2, 0) is 9.53 Å². The van der Waals surface area contributed by atoms with Crippen molar-refractivity contribution in [2.75, 3.05) is 0 Å². The number of hydrogen-bond acceptors (Lipinski definition) is 4. The number of rotatable bonds is 5. The van der Waals surface area contributed by atoms with Crippen LogP contribution in [0, 0.1) is 0 Å². The van der Waals surface area contributed by atoms with E-state index in [2.05, 4.69) is 0 Å². The Morgan fingerprint density at radius 3 is 2.36 bits per heavy atom. The van der Waals surface area contributed by atoms with Gasteiger partial charge in [-0.05, 0) is 39.0 Å². The number of hydrogen-bond donors (Lipinski definition) is 1. The number of esters is 1. The zero-order valence-corrected chi connectivity index (χ0v) is 15.5. The maximum atomic E-state index is 11.6. The van der Waals surface area contributed by atoms with Gasteiger partial charge in [0, 0.05) is 10.9 Å². The van der Waals surface area contributed by atoms with Crippen molar-refractivity contribution in [2.45, 2.75) is 57.6 Å². The van der Waals surface area contributed by atoms with Crippen LogP contribution >= 0.6 is 23.4 Å². The van der Waals surface area contributed by atoms with Crippen molar-refractivity contribution in [1.82, 2.24) is 0 Å². The monoisotopic (exact) mass is 343 g/mol. The van der Waals surface area contributed by atoms with E-state index in [0.29, 0.717) is 4.36 Å². The van der Waals surface area contributed by atoms with Gasteiger partial charge in [-0.2, -0.15) is 0 Å². The minimum absolute atomic E-state index is 0.114. The van der Waals surface area contributed by atoms with Crippen molar-refractivity contribution in [3.63, 3.8) is 0 Å². The summed E-state index contributed by atoms with van der Waals surface area (Å²) in [6.07, 6.45) is 1.78. The molecule has 0 aliphatic carbocycles. The molecule has 1 rings (SSSR count). The van der Waals surface area contributed by atoms with Crippen LogP contribution in [0.4, 0.5) is 0 Å². The number of carbonyl (C=O) groups is 1. The van der Waals surface area contributed by atoms with E-state index >= 15 is 0 Å². The Morgan fingerprint density at radius 2 is 1.86 bits per heavy atom. The van der Waals surface area contributed by atoms with Gasteiger partial charge in [-0.1, -0.05) is 55.4 Å². The van der Waals surface area contributed by atoms with Crippen LogP contribution in [0.15, 0.2) is 45.7 Å². The molecule has 1 unspecified atom stereocenters. The molecule has 0 saturated carbocycles. The average molecular weight is 344 g/mol. The SMILES string of the molecule is CC.CC(C)(C)OC(=O)CC(N)/C=C(\Cl)Sc1ccccc1. The van der Waals surface area contributed by atoms with E-state index in [1.807, 2.05) is 65.0 Å². The van der Waals surface area contributed by atoms with Crippen molar-refractivity contribution in [3.05, 3.63) is 40.8 Å². The van der Waals surface area contributed by atoms with Crippen LogP contribution in [0.3, 0.4) is 0 Å². The fraction of sp³-hybridized carbons (Fsp3) is 0.471. The molecule has 0 aliphatic heterocycles. The molecule has 0 heterocycles. The van der Waals surface area contributed by atoms with Gasteiger partial charge < -0.3 is 10.5 Å². The van der Waals surface area contributed by atoms with E-state index in [9.17, 15) is 4.79 Å². The first kappa shape index (κ1) is 21.0. The van der Waals surface area contributed by atoms with Crippen LogP contribution in [0.2, 0.25) is 0 Å². The van der Waals surface area contributed by atoms with Crippen molar-refractivity contribution < 1.29 is 9.53 Å². The summed E-state index contributed by atoms with van der Waals surface area (Å²) < 4.78 is 5.76. The highest BCUT2D eigenvalue weighted by Gasteiger charge is 2.18. The summed E-state index contributed by atoms with van der Waals surface area (Å²) in [6.45, 7) is 9.47. The molecule has 0 saturated heterocycles. The maximum Gasteiger partial charge on any atom is 0.308 e. The number of halogens is 1. The fourth-order valence-electron chi connectivity index (χ4n) is 1.44. The lowest BCUT2D eigenvalue weighted by Crippen LogP contribution is -2.29. The molecule has 1 atom stereocenters. The minimum Gasteiger partial charge on any atom is -0.460 e. The summed E-state index contributed by atoms with van der Waals surface area (Å²) in [7, 11) is 0. The summed E-state index contributed by atoms with van der Waals surface area (Å²) in [5.74, 6) is -0.324. The summed E-state index contributed by atoms with van der Waals surface area (Å²) in [6, 6.07) is 9.28. The lowest BCUT2D eigenvalue weighted by Gasteiger charge is -2.20. The van der Waals surface area contributed by atoms with Gasteiger partial charge in [0.1, 0.15) is 5.60 Å². The topological polar surface area (TPSA) is 52.3 Å². The largest absolute Gasteiger partial charge is 0.460 e. The number of ether oxygens (including phenoxy) is 1. The highest BCUT2D eigenvalue weighted by Crippen LogP contribution is 2.29. The van der Waals surface area contributed by atoms with E-state index in [0.717, 1.165) is 4.90 Å². The second-order valence-electron chi connectivity index (χ2n) is 5.34. The molecule has 0 radical (unpaired) electrons. The molecule has 5 heteroatoms. The molecule has 2 N–H and O–H groups in total. The molecule has 1 aromatic carbocycles. The standard InChI is InChI=1S/C15H20ClNO2S.C2H6/c1-15(2,3)19-14(18)10-11(17)9-13(16)20-12-7-5-4-6-8-12;1-2/h4-9,11H,10,17H2,1-3H3;1-2H3/b13-9+;. The van der Waals surface area contributed by atoms with Gasteiger partial charge in [0.2, 0.25) is 0 Å². The summed E-state index contributed by atoms with van der Waals surface area (Å²) >= 11 is 7.53. The van der Waals surface area contributed by atoms with Gasteiger partial charge in [0.25, 0.3) is 0 Å². The number of nitrogens with two attached hydrogens (primary N) is 1. The predicted octanol–water partition coefficient (Wildman–Crippen LogP) is 4.94. The number of benzene rings is 1. The highest BCUT2D eigenvalue weighted by atomic mass is 35.5. The van der Waals surface area contributed by atoms with Crippen molar-refractivity contribution in [2.24, 2.45) is 5.73 Å². The lowest BCUT2D eigenvalue weighted by molar-refractivity contribution is -0.154. The second kappa shape index (κ2) is 10.7. The molecule has 0 spiro atoms. The first-order chi connectivity index (χ1) is 10.3. The molecule has 3 nitrogen and oxygen atoms in total. The molecule has 124 valence electrons. The Hall–Kier alpha value is -0.970. The van der Waals surface area contributed by atoms with E-state index in [-0.39, 0.29) is 12.4 Å². The Morgan fingerprint density at radius 1 is 1.32 bits per heavy atom. The zero-order valence-electron chi connectivity index (χ0n) is 13.9. The summed E-state index contributed by atoms with van der Waals surface area (Å²) in [5.41, 5.74) is 5.38. The van der Waals surface area contributed by atoms with Gasteiger partial charge in [-0.3, -0.25) is 4.79 Å². The van der Waals surface area contributed by atoms with Gasteiger partial charge in [0.05, 0.1) is 10.8 Å². The van der Waals surface area contributed by atoms with Crippen molar-refractivity contribution in [1.29, 1.82) is 0 Å². The van der Waals surface area contributed by atoms with Crippen molar-refractivity contribution >= 4 is 29.3 Å². The average Bonchev–Trinajstić information content (AvgIpc) is 2.39. The Bertz CT molecular complexity index is 469. The van der Waals surface area contributed by atoms with E-state index < -0.39 is 11.6 Å². The quantitative estimate of drug-likeness (QED) is 0.607. The molecular weight excluding hydrogens is 318 g/mol. The van der Waals surface area contributed by atoms with Crippen molar-refractivity contribution in [3.8, 4) is 0 Å². The predicted molar refractivity (Wildman–Crippen MR) is 96.0 cm³/mol. The maximum absolute atomic E-state index is 11.6. The van der Waals surface area contributed by atoms with Gasteiger partial charge in [0.15, 0.2) is 0 Å². The molecule has 22 heavy (non-hydrogen) atoms. The van der Waals surface area contributed by atoms with Crippen LogP contribution in [0.5, 0.6) is 0 Å². The van der Waals surface area contributed by atoms with Gasteiger partial charge in [-0.25, -0.2) is 0 Å². The third-order valence-electron chi connectivity index (χ3n) is 2.13. The molecule has 0 aromatic heterocycles. The van der Waals surface area contributed by atoms with Crippen LogP contribution in [-0.4, -0.2) is 17.6 Å². The van der Waals surface area contributed by atoms with E-state index in [1.54, 1.807) is 6.08 Å². The van der Waals surface area contributed by atoms with E-state index in [4.69, 9.17) is 22.1 Å². The Labute approximate surface area is 143 Å². The van der Waals surface area contributed by atoms with Crippen LogP contribution in [0.1, 0.15) is 41.0 Å². The van der Waals surface area contributed by atoms with Crippen LogP contribution in [0.25, 0.3) is 0 Å². The number of thioether (sulfide) groups is 1. The normalized spacial score (nSPS) is 13.0. The molecular formula is C17H26ClNO2S. The smallest absolute Gasteiger partial charge is 0.308 e. The summed E-state index contributed by atoms with van der Waals surface area (Å²) in [5, 5.41) is 0. The second-order valence-corrected chi connectivity index (χ2v) is 7.09. The fourth-order valence-corrected chi connectivity index (χ4v) is 2.63. The highest BCUT2D eigenvalue weighted by molar-refractivity contribution is 8.04. The molecule has 0 bridgehead atoms. The molecule has 0 amide bonds. The zero-order chi connectivity index (χ0) is 17.2. The Balaban J connectivity index is 0.00000211. The first-order valence-corrected chi connectivity index (χ1v) is 8.53. The third kappa shape index (κ3) is 10.7. The molecule has 0 fully saturated rings. The molecule has 0 aliphatic rings. The van der Waals surface area contributed by atoms with E-state index in [1.165, 1.54) is 11.8 Å². The first-order valence-electron chi connectivity index (χ1n) is 7.34. The minimum atomic E-state index is -0.497. The van der Waals surface area contributed by atoms with Crippen LogP contribution < -0.4 is 5.73 Å². The van der Waals surface area contributed by atoms with Gasteiger partial charge >= 0.3 is 5.97 Å². The lowest BCUT2D eigenvalue weighted by atomic mass is 10.2. The Kier molecular flexibility index (Phi) is 10.2. The molecule has 1 aromatic rings.